The zero-order chi connectivity index (χ0) is 21.8. The van der Waals surface area contributed by atoms with Crippen LogP contribution in [0.5, 0.6) is 17.2 Å². The zero-order valence-electron chi connectivity index (χ0n) is 17.6. The fraction of sp³-hybridized carbons (Fsp3) is 0.304. The van der Waals surface area contributed by atoms with E-state index in [2.05, 4.69) is 4.74 Å². The number of hydrogen-bond donors (Lipinski definition) is 0. The number of rotatable bonds is 6. The highest BCUT2D eigenvalue weighted by molar-refractivity contribution is 5.88. The van der Waals surface area contributed by atoms with Gasteiger partial charge >= 0.3 is 11.9 Å². The van der Waals surface area contributed by atoms with Gasteiger partial charge in [-0.1, -0.05) is 6.07 Å². The number of fused-ring (bicyclic) bond motifs is 1. The molecule has 0 saturated carbocycles. The molecule has 2 aromatic rings. The Hall–Kier alpha value is -3.48. The highest BCUT2D eigenvalue weighted by Crippen LogP contribution is 2.51. The van der Waals surface area contributed by atoms with E-state index in [0.717, 1.165) is 16.9 Å². The van der Waals surface area contributed by atoms with Crippen molar-refractivity contribution < 1.29 is 33.3 Å². The summed E-state index contributed by atoms with van der Waals surface area (Å²) in [6, 6.07) is 9.15. The summed E-state index contributed by atoms with van der Waals surface area (Å²) in [6.07, 6.45) is 2.30. The van der Waals surface area contributed by atoms with Crippen LogP contribution in [0.1, 0.15) is 34.3 Å². The normalized spacial score (nSPS) is 17.2. The molecule has 0 fully saturated rings. The Kier molecular flexibility index (Phi) is 6.30. The first kappa shape index (κ1) is 21.2. The van der Waals surface area contributed by atoms with E-state index in [1.165, 1.54) is 27.4 Å². The number of carbonyl (C=O) groups excluding carboxylic acids is 2. The van der Waals surface area contributed by atoms with Gasteiger partial charge in [-0.25, -0.2) is 4.79 Å². The van der Waals surface area contributed by atoms with E-state index in [4.69, 9.17) is 18.9 Å². The number of carbonyl (C=O) groups is 2. The number of esters is 2. The summed E-state index contributed by atoms with van der Waals surface area (Å²) >= 11 is 0. The first-order valence-electron chi connectivity index (χ1n) is 9.30. The van der Waals surface area contributed by atoms with Gasteiger partial charge in [-0.15, -0.1) is 0 Å². The minimum Gasteiger partial charge on any atom is -0.496 e. The van der Waals surface area contributed by atoms with Crippen LogP contribution in [-0.2, 0) is 19.1 Å². The fourth-order valence-corrected chi connectivity index (χ4v) is 3.56. The Bertz CT molecular complexity index is 993. The van der Waals surface area contributed by atoms with E-state index < -0.39 is 24.0 Å². The van der Waals surface area contributed by atoms with Crippen molar-refractivity contribution in [1.82, 2.24) is 0 Å². The summed E-state index contributed by atoms with van der Waals surface area (Å²) in [4.78, 5) is 24.2. The maximum Gasteiger partial charge on any atom is 0.330 e. The minimum absolute atomic E-state index is 0.427. The van der Waals surface area contributed by atoms with Crippen LogP contribution in [0.2, 0.25) is 0 Å². The van der Waals surface area contributed by atoms with Crippen molar-refractivity contribution in [3.05, 3.63) is 58.7 Å². The molecule has 0 radical (unpaired) electrons. The maximum atomic E-state index is 12.7. The van der Waals surface area contributed by atoms with Gasteiger partial charge in [0.15, 0.2) is 11.5 Å². The van der Waals surface area contributed by atoms with E-state index in [1.54, 1.807) is 25.3 Å². The van der Waals surface area contributed by atoms with Gasteiger partial charge in [-0.2, -0.15) is 0 Å². The Morgan fingerprint density at radius 2 is 1.70 bits per heavy atom. The molecule has 0 spiro atoms. The largest absolute Gasteiger partial charge is 0.496 e. The summed E-state index contributed by atoms with van der Waals surface area (Å²) in [5, 5.41) is 0. The van der Waals surface area contributed by atoms with Gasteiger partial charge in [-0.05, 0) is 54.0 Å². The standard InChI is InChI=1S/C23H24O7/c1-13-10-15(7-8-17(13)26-2)21-20(23(25)29-5)16-11-14(6-9-19(24)28-4)12-18(27-3)22(16)30-21/h6-12,20-21H,1-5H3. The van der Waals surface area contributed by atoms with Gasteiger partial charge in [0, 0.05) is 11.6 Å². The van der Waals surface area contributed by atoms with Gasteiger partial charge in [0.25, 0.3) is 0 Å². The van der Waals surface area contributed by atoms with Crippen molar-refractivity contribution in [3.8, 4) is 17.2 Å². The van der Waals surface area contributed by atoms with Crippen molar-refractivity contribution in [2.75, 3.05) is 28.4 Å². The number of ether oxygens (including phenoxy) is 5. The molecule has 158 valence electrons. The quantitative estimate of drug-likeness (QED) is 0.530. The molecular weight excluding hydrogens is 388 g/mol. The average molecular weight is 412 g/mol. The molecule has 1 aliphatic rings. The molecule has 0 amide bonds. The van der Waals surface area contributed by atoms with Crippen molar-refractivity contribution >= 4 is 18.0 Å². The summed E-state index contributed by atoms with van der Waals surface area (Å²) in [5.41, 5.74) is 3.03. The first-order chi connectivity index (χ1) is 14.4. The van der Waals surface area contributed by atoms with Crippen LogP contribution in [-0.4, -0.2) is 40.4 Å². The molecule has 0 saturated heterocycles. The third kappa shape index (κ3) is 3.96. The van der Waals surface area contributed by atoms with E-state index >= 15 is 0 Å². The summed E-state index contributed by atoms with van der Waals surface area (Å²) < 4.78 is 26.7. The smallest absolute Gasteiger partial charge is 0.330 e. The molecule has 1 heterocycles. The van der Waals surface area contributed by atoms with Crippen LogP contribution in [0.25, 0.3) is 6.08 Å². The molecule has 30 heavy (non-hydrogen) atoms. The van der Waals surface area contributed by atoms with E-state index in [-0.39, 0.29) is 0 Å². The third-order valence-electron chi connectivity index (χ3n) is 5.02. The number of benzene rings is 2. The number of aryl methyl sites for hydroxylation is 1. The van der Waals surface area contributed by atoms with Crippen LogP contribution in [0.4, 0.5) is 0 Å². The summed E-state index contributed by atoms with van der Waals surface area (Å²) in [7, 11) is 5.77. The van der Waals surface area contributed by atoms with Crippen molar-refractivity contribution in [3.63, 3.8) is 0 Å². The molecule has 0 N–H and O–H groups in total. The molecule has 1 aliphatic heterocycles. The van der Waals surface area contributed by atoms with Crippen LogP contribution < -0.4 is 14.2 Å². The highest BCUT2D eigenvalue weighted by Gasteiger charge is 2.43. The Labute approximate surface area is 175 Å². The predicted molar refractivity (Wildman–Crippen MR) is 110 cm³/mol. The molecule has 0 aromatic heterocycles. The third-order valence-corrected chi connectivity index (χ3v) is 5.02. The molecule has 7 heteroatoms. The SMILES string of the molecule is COC(=O)C=Cc1cc(OC)c2c(c1)C(C(=O)OC)C(c1ccc(OC)c(C)c1)O2. The van der Waals surface area contributed by atoms with Crippen LogP contribution >= 0.6 is 0 Å². The monoisotopic (exact) mass is 412 g/mol. The lowest BCUT2D eigenvalue weighted by Crippen LogP contribution is -2.20. The van der Waals surface area contributed by atoms with E-state index in [9.17, 15) is 9.59 Å². The summed E-state index contributed by atoms with van der Waals surface area (Å²) in [6.45, 7) is 1.92. The van der Waals surface area contributed by atoms with Crippen molar-refractivity contribution in [2.45, 2.75) is 18.9 Å². The van der Waals surface area contributed by atoms with Crippen molar-refractivity contribution in [2.24, 2.45) is 0 Å². The Morgan fingerprint density at radius 3 is 2.30 bits per heavy atom. The van der Waals surface area contributed by atoms with Gasteiger partial charge in [0.1, 0.15) is 17.8 Å². The van der Waals surface area contributed by atoms with Gasteiger partial charge in [0.2, 0.25) is 0 Å². The second-order valence-corrected chi connectivity index (χ2v) is 6.77. The predicted octanol–water partition coefficient (Wildman–Crippen LogP) is 3.59. The molecule has 0 bridgehead atoms. The van der Waals surface area contributed by atoms with Crippen molar-refractivity contribution in [1.29, 1.82) is 0 Å². The maximum absolute atomic E-state index is 12.7. The zero-order valence-corrected chi connectivity index (χ0v) is 17.6. The van der Waals surface area contributed by atoms with Gasteiger partial charge in [-0.3, -0.25) is 4.79 Å². The molecular formula is C23H24O7. The topological polar surface area (TPSA) is 80.3 Å². The van der Waals surface area contributed by atoms with Crippen LogP contribution in [0.15, 0.2) is 36.4 Å². The van der Waals surface area contributed by atoms with Crippen LogP contribution in [0.3, 0.4) is 0 Å². The second kappa shape index (κ2) is 8.90. The number of methoxy groups -OCH3 is 4. The lowest BCUT2D eigenvalue weighted by atomic mass is 9.89. The number of hydrogen-bond acceptors (Lipinski definition) is 7. The van der Waals surface area contributed by atoms with Gasteiger partial charge < -0.3 is 23.7 Å². The minimum atomic E-state index is -0.696. The van der Waals surface area contributed by atoms with Crippen LogP contribution in [0, 0.1) is 6.92 Å². The molecule has 2 aromatic carbocycles. The Morgan fingerprint density at radius 1 is 0.967 bits per heavy atom. The lowest BCUT2D eigenvalue weighted by Gasteiger charge is -2.19. The molecule has 2 unspecified atom stereocenters. The fourth-order valence-electron chi connectivity index (χ4n) is 3.56. The molecule has 2 atom stereocenters. The summed E-state index contributed by atoms with van der Waals surface area (Å²) in [5.74, 6) is 0.0697. The lowest BCUT2D eigenvalue weighted by molar-refractivity contribution is -0.144. The average Bonchev–Trinajstić information content (AvgIpc) is 3.15. The Balaban J connectivity index is 2.09. The highest BCUT2D eigenvalue weighted by atomic mass is 16.5. The first-order valence-corrected chi connectivity index (χ1v) is 9.30. The second-order valence-electron chi connectivity index (χ2n) is 6.77. The van der Waals surface area contributed by atoms with Gasteiger partial charge in [0.05, 0.1) is 28.4 Å². The molecule has 0 aliphatic carbocycles. The van der Waals surface area contributed by atoms with E-state index in [0.29, 0.717) is 22.6 Å². The van der Waals surface area contributed by atoms with E-state index in [1.807, 2.05) is 25.1 Å². The molecule has 3 rings (SSSR count). The molecule has 7 nitrogen and oxygen atoms in total.